The lowest BCUT2D eigenvalue weighted by molar-refractivity contribution is -0.137. The van der Waals surface area contributed by atoms with Crippen molar-refractivity contribution in [2.45, 2.75) is 56.6 Å². The molecule has 3 atom stereocenters. The van der Waals surface area contributed by atoms with Crippen LogP contribution in [0.4, 0.5) is 41.2 Å². The molecule has 48 heavy (non-hydrogen) atoms. The predicted octanol–water partition coefficient (Wildman–Crippen LogP) is 6.80. The molecular weight excluding hydrogens is 649 g/mol. The zero-order valence-corrected chi connectivity index (χ0v) is 25.6. The second-order valence-electron chi connectivity index (χ2n) is 11.2. The molecule has 0 aliphatic carbocycles. The van der Waals surface area contributed by atoms with E-state index < -0.39 is 54.2 Å². The minimum Gasteiger partial charge on any atom is -0.419 e. The predicted molar refractivity (Wildman–Crippen MR) is 161 cm³/mol. The Kier molecular flexibility index (Phi) is 12.2. The van der Waals surface area contributed by atoms with Crippen LogP contribution in [0.2, 0.25) is 0 Å². The van der Waals surface area contributed by atoms with Crippen molar-refractivity contribution in [3.63, 3.8) is 0 Å². The van der Waals surface area contributed by atoms with Crippen molar-refractivity contribution in [3.05, 3.63) is 107 Å². The van der Waals surface area contributed by atoms with E-state index in [1.54, 1.807) is 17.4 Å². The molecule has 2 amide bonds. The summed E-state index contributed by atoms with van der Waals surface area (Å²) in [7, 11) is 0. The van der Waals surface area contributed by atoms with E-state index in [1.165, 1.54) is 24.4 Å². The number of hydrogen-bond donors (Lipinski definition) is 3. The summed E-state index contributed by atoms with van der Waals surface area (Å²) in [5, 5.41) is 7.41. The number of morpholine rings is 1. The molecule has 2 aromatic carbocycles. The molecule has 3 aromatic rings. The minimum atomic E-state index is -4.56. The topological polar surface area (TPSA) is 102 Å². The molecule has 1 fully saturated rings. The molecule has 1 unspecified atom stereocenters. The zero-order chi connectivity index (χ0) is 34.9. The van der Waals surface area contributed by atoms with E-state index in [0.717, 1.165) is 35.7 Å². The number of anilines is 1. The molecule has 0 spiro atoms. The van der Waals surface area contributed by atoms with Gasteiger partial charge in [-0.2, -0.15) is 26.3 Å². The number of alkyl carbamates (subject to hydrolysis) is 1. The molecule has 1 aliphatic heterocycles. The summed E-state index contributed by atoms with van der Waals surface area (Å²) in [5.74, 6) is -1.72. The number of rotatable bonds is 11. The quantitative estimate of drug-likeness (QED) is 0.152. The van der Waals surface area contributed by atoms with Crippen LogP contribution in [-0.2, 0) is 26.9 Å². The van der Waals surface area contributed by atoms with Crippen molar-refractivity contribution in [2.75, 3.05) is 25.0 Å². The van der Waals surface area contributed by atoms with Gasteiger partial charge in [0.25, 0.3) is 0 Å². The van der Waals surface area contributed by atoms with Gasteiger partial charge < -0.3 is 25.4 Å². The smallest absolute Gasteiger partial charge is 0.416 e. The van der Waals surface area contributed by atoms with Gasteiger partial charge >= 0.3 is 18.4 Å². The van der Waals surface area contributed by atoms with Crippen molar-refractivity contribution in [1.29, 1.82) is 0 Å². The molecule has 4 rings (SSSR count). The maximum Gasteiger partial charge on any atom is 0.416 e. The molecule has 8 nitrogen and oxygen atoms in total. The number of alkyl halides is 6. The average Bonchev–Trinajstić information content (AvgIpc) is 3.03. The highest BCUT2D eigenvalue weighted by atomic mass is 19.4. The van der Waals surface area contributed by atoms with Gasteiger partial charge in [0.15, 0.2) is 0 Å². The second-order valence-corrected chi connectivity index (χ2v) is 11.2. The van der Waals surface area contributed by atoms with Gasteiger partial charge in [-0.1, -0.05) is 42.0 Å². The van der Waals surface area contributed by atoms with Gasteiger partial charge in [-0.05, 0) is 49.1 Å². The molecule has 0 radical (unpaired) electrons. The molecule has 0 bridgehead atoms. The van der Waals surface area contributed by atoms with E-state index in [4.69, 9.17) is 4.74 Å². The SMILES string of the molecule is Cc1ccc([C@@H](CC(=O)Nc2cncc(F)c2CC[C@@H]2CNC(/C=C/OC(=O)NCC(F)(F)F)CO2)c2ccc(C(F)(F)F)cc2)cc1. The van der Waals surface area contributed by atoms with Gasteiger partial charge in [0.05, 0.1) is 48.7 Å². The Morgan fingerprint density at radius 1 is 1.04 bits per heavy atom. The highest BCUT2D eigenvalue weighted by Crippen LogP contribution is 2.34. The fourth-order valence-electron chi connectivity index (χ4n) is 5.01. The number of hydrogen-bond acceptors (Lipinski definition) is 6. The zero-order valence-electron chi connectivity index (χ0n) is 25.6. The van der Waals surface area contributed by atoms with Crippen molar-refractivity contribution < 1.29 is 49.8 Å². The fourth-order valence-corrected chi connectivity index (χ4v) is 5.01. The van der Waals surface area contributed by atoms with Gasteiger partial charge in [0, 0.05) is 24.4 Å². The van der Waals surface area contributed by atoms with E-state index in [-0.39, 0.29) is 36.8 Å². The van der Waals surface area contributed by atoms with Crippen LogP contribution >= 0.6 is 0 Å². The van der Waals surface area contributed by atoms with Gasteiger partial charge in [0.2, 0.25) is 5.91 Å². The van der Waals surface area contributed by atoms with Crippen LogP contribution in [0.25, 0.3) is 0 Å². The molecule has 0 saturated carbocycles. The molecule has 1 aliphatic rings. The van der Waals surface area contributed by atoms with Gasteiger partial charge in [-0.3, -0.25) is 9.78 Å². The first-order chi connectivity index (χ1) is 22.7. The van der Waals surface area contributed by atoms with E-state index in [0.29, 0.717) is 18.5 Å². The Morgan fingerprint density at radius 3 is 2.31 bits per heavy atom. The first-order valence-corrected chi connectivity index (χ1v) is 14.9. The number of carbonyl (C=O) groups excluding carboxylic acids is 2. The van der Waals surface area contributed by atoms with Gasteiger partial charge in [0.1, 0.15) is 12.4 Å². The number of aryl methyl sites for hydroxylation is 1. The average molecular weight is 683 g/mol. The van der Waals surface area contributed by atoms with Crippen LogP contribution in [-0.4, -0.2) is 55.0 Å². The molecule has 3 N–H and O–H groups in total. The first-order valence-electron chi connectivity index (χ1n) is 14.9. The number of benzene rings is 2. The number of nitrogens with zero attached hydrogens (tertiary/aromatic N) is 1. The summed E-state index contributed by atoms with van der Waals surface area (Å²) in [6.45, 7) is 0.834. The summed E-state index contributed by atoms with van der Waals surface area (Å²) in [6, 6.07) is 11.5. The van der Waals surface area contributed by atoms with E-state index in [1.807, 2.05) is 19.1 Å². The Hall–Kier alpha value is -4.50. The van der Waals surface area contributed by atoms with Crippen molar-refractivity contribution >= 4 is 17.7 Å². The third-order valence-electron chi connectivity index (χ3n) is 7.54. The normalized spacial score (nSPS) is 17.6. The highest BCUT2D eigenvalue weighted by Gasteiger charge is 2.31. The molecule has 15 heteroatoms. The Balaban J connectivity index is 1.34. The lowest BCUT2D eigenvalue weighted by Crippen LogP contribution is -2.45. The number of amides is 2. The molecule has 1 saturated heterocycles. The third kappa shape index (κ3) is 11.0. The van der Waals surface area contributed by atoms with Crippen molar-refractivity contribution in [3.8, 4) is 0 Å². The first kappa shape index (κ1) is 36.3. The number of carbonyl (C=O) groups is 2. The Morgan fingerprint density at radius 2 is 1.71 bits per heavy atom. The van der Waals surface area contributed by atoms with Crippen LogP contribution in [0.3, 0.4) is 0 Å². The van der Waals surface area contributed by atoms with Crippen LogP contribution in [0.5, 0.6) is 0 Å². The third-order valence-corrected chi connectivity index (χ3v) is 7.54. The summed E-state index contributed by atoms with van der Waals surface area (Å²) < 4.78 is 101. The largest absolute Gasteiger partial charge is 0.419 e. The molecular formula is C33H33F7N4O4. The van der Waals surface area contributed by atoms with Crippen LogP contribution in [0.15, 0.2) is 73.3 Å². The van der Waals surface area contributed by atoms with E-state index in [9.17, 15) is 40.3 Å². The monoisotopic (exact) mass is 682 g/mol. The van der Waals surface area contributed by atoms with E-state index >= 15 is 0 Å². The molecule has 2 heterocycles. The Bertz CT molecular complexity index is 1550. The Labute approximate surface area is 271 Å². The molecule has 1 aromatic heterocycles. The summed E-state index contributed by atoms with van der Waals surface area (Å²) in [4.78, 5) is 28.5. The number of pyridine rings is 1. The van der Waals surface area contributed by atoms with Crippen LogP contribution < -0.4 is 16.0 Å². The van der Waals surface area contributed by atoms with Crippen molar-refractivity contribution in [2.24, 2.45) is 0 Å². The lowest BCUT2D eigenvalue weighted by Gasteiger charge is -2.29. The van der Waals surface area contributed by atoms with Crippen LogP contribution in [0, 0.1) is 12.7 Å². The van der Waals surface area contributed by atoms with E-state index in [2.05, 4.69) is 20.4 Å². The number of ether oxygens (including phenoxy) is 2. The summed E-state index contributed by atoms with van der Waals surface area (Å²) in [5.41, 5.74) is 1.74. The highest BCUT2D eigenvalue weighted by molar-refractivity contribution is 5.92. The number of nitrogens with one attached hydrogen (secondary N) is 3. The van der Waals surface area contributed by atoms with Crippen molar-refractivity contribution in [1.82, 2.24) is 15.6 Å². The summed E-state index contributed by atoms with van der Waals surface area (Å²) in [6.07, 6.45) is -5.60. The van der Waals surface area contributed by atoms with Gasteiger partial charge in [-0.15, -0.1) is 0 Å². The maximum absolute atomic E-state index is 14.9. The van der Waals surface area contributed by atoms with Gasteiger partial charge in [-0.25, -0.2) is 9.18 Å². The minimum absolute atomic E-state index is 0.136. The van der Waals surface area contributed by atoms with Crippen LogP contribution in [0.1, 0.15) is 46.6 Å². The lowest BCUT2D eigenvalue weighted by atomic mass is 9.87. The summed E-state index contributed by atoms with van der Waals surface area (Å²) >= 11 is 0. The standard InChI is InChI=1S/C33H33F7N4O4/c1-20-2-4-21(5-3-20)27(22-6-8-23(9-7-22)33(38,39)40)14-30(45)44-29-17-41-16-28(34)26(29)11-10-25-15-42-24(18-48-25)12-13-47-31(46)43-19-32(35,36)37/h2-9,12-13,16-17,24-25,27,42H,10-11,14-15,18-19H2,1H3,(H,43,46)(H,44,45)/b13-12+/t24?,25-,27-/m1/s1. The number of aromatic nitrogens is 1. The molecule has 258 valence electrons. The second kappa shape index (κ2) is 16.1. The fraction of sp³-hybridized carbons (Fsp3) is 0.364. The maximum atomic E-state index is 14.9. The number of halogens is 7.